The van der Waals surface area contributed by atoms with Gasteiger partial charge in [0, 0.05) is 11.7 Å². The summed E-state index contributed by atoms with van der Waals surface area (Å²) in [6, 6.07) is 4.91. The fourth-order valence-electron chi connectivity index (χ4n) is 2.44. The molecule has 0 spiro atoms. The smallest absolute Gasteiger partial charge is 0.171 e. The molecule has 2 nitrogen and oxygen atoms in total. The summed E-state index contributed by atoms with van der Waals surface area (Å²) in [5.41, 5.74) is 0.701. The van der Waals surface area contributed by atoms with E-state index in [0.29, 0.717) is 22.8 Å². The van der Waals surface area contributed by atoms with E-state index >= 15 is 0 Å². The highest BCUT2D eigenvalue weighted by molar-refractivity contribution is 7.80. The molecule has 0 bridgehead atoms. The third kappa shape index (κ3) is 4.05. The molecule has 2 N–H and O–H groups in total. The summed E-state index contributed by atoms with van der Waals surface area (Å²) in [5, 5.41) is 7.05. The van der Waals surface area contributed by atoms with Gasteiger partial charge in [-0.15, -0.1) is 0 Å². The second-order valence-corrected chi connectivity index (χ2v) is 5.91. The molecule has 0 aromatic heterocycles. The molecule has 0 saturated heterocycles. The number of anilines is 1. The molecule has 2 atom stereocenters. The summed E-state index contributed by atoms with van der Waals surface area (Å²) < 4.78 is 13.1. The van der Waals surface area contributed by atoms with E-state index in [0.717, 1.165) is 6.42 Å². The van der Waals surface area contributed by atoms with Crippen LogP contribution in [0.15, 0.2) is 18.2 Å². The van der Waals surface area contributed by atoms with Gasteiger partial charge in [-0.25, -0.2) is 4.39 Å². The molecule has 1 aliphatic carbocycles. The van der Waals surface area contributed by atoms with E-state index < -0.39 is 5.82 Å². The van der Waals surface area contributed by atoms with E-state index in [2.05, 4.69) is 17.6 Å². The molecule has 0 heterocycles. The first-order chi connectivity index (χ1) is 9.06. The van der Waals surface area contributed by atoms with Crippen LogP contribution in [-0.4, -0.2) is 11.2 Å². The third-order valence-electron chi connectivity index (χ3n) is 3.61. The fraction of sp³-hybridized carbons (Fsp3) is 0.500. The minimum Gasteiger partial charge on any atom is -0.359 e. The lowest BCUT2D eigenvalue weighted by atomic mass is 9.86. The molecular weight excluding hydrogens is 283 g/mol. The van der Waals surface area contributed by atoms with Crippen molar-refractivity contribution in [3.8, 4) is 0 Å². The van der Waals surface area contributed by atoms with Crippen LogP contribution in [0.5, 0.6) is 0 Å². The van der Waals surface area contributed by atoms with Crippen molar-refractivity contribution >= 4 is 34.6 Å². The van der Waals surface area contributed by atoms with Gasteiger partial charge in [0.2, 0.25) is 0 Å². The van der Waals surface area contributed by atoms with Gasteiger partial charge in [-0.3, -0.25) is 0 Å². The van der Waals surface area contributed by atoms with E-state index in [1.165, 1.54) is 31.4 Å². The molecule has 0 amide bonds. The molecule has 0 radical (unpaired) electrons. The van der Waals surface area contributed by atoms with Crippen LogP contribution in [0.4, 0.5) is 10.1 Å². The standard InChI is InChI=1S/C14H18ClFN2S/c1-9-4-2-3-5-13(9)18-14(19)17-10-6-7-12(16)11(15)8-10/h6-9,13H,2-5H2,1H3,(H2,17,18,19)/t9-,13-/m1/s1. The molecule has 1 saturated carbocycles. The van der Waals surface area contributed by atoms with Gasteiger partial charge in [-0.1, -0.05) is 31.4 Å². The second-order valence-electron chi connectivity index (χ2n) is 5.10. The Hall–Kier alpha value is -0.870. The number of benzene rings is 1. The number of thiocarbonyl (C=S) groups is 1. The SMILES string of the molecule is C[C@@H]1CCCC[C@H]1NC(=S)Nc1ccc(F)c(Cl)c1. The van der Waals surface area contributed by atoms with Crippen LogP contribution in [0.3, 0.4) is 0 Å². The highest BCUT2D eigenvalue weighted by Crippen LogP contribution is 2.24. The molecule has 1 aromatic rings. The van der Waals surface area contributed by atoms with Crippen LogP contribution in [0.2, 0.25) is 5.02 Å². The Morgan fingerprint density at radius 3 is 2.79 bits per heavy atom. The van der Waals surface area contributed by atoms with E-state index in [9.17, 15) is 4.39 Å². The van der Waals surface area contributed by atoms with Crippen LogP contribution in [-0.2, 0) is 0 Å². The van der Waals surface area contributed by atoms with E-state index in [4.69, 9.17) is 23.8 Å². The van der Waals surface area contributed by atoms with E-state index in [-0.39, 0.29) is 5.02 Å². The summed E-state index contributed by atoms with van der Waals surface area (Å²) in [4.78, 5) is 0. The molecule has 0 unspecified atom stereocenters. The van der Waals surface area contributed by atoms with Gasteiger partial charge in [0.25, 0.3) is 0 Å². The molecular formula is C14H18ClFN2S. The van der Waals surface area contributed by atoms with Crippen molar-refractivity contribution in [2.45, 2.75) is 38.6 Å². The van der Waals surface area contributed by atoms with Crippen LogP contribution >= 0.6 is 23.8 Å². The first kappa shape index (κ1) is 14.5. The zero-order valence-electron chi connectivity index (χ0n) is 10.9. The largest absolute Gasteiger partial charge is 0.359 e. The molecule has 104 valence electrons. The lowest BCUT2D eigenvalue weighted by molar-refractivity contribution is 0.309. The monoisotopic (exact) mass is 300 g/mol. The lowest BCUT2D eigenvalue weighted by Crippen LogP contribution is -2.43. The van der Waals surface area contributed by atoms with Crippen LogP contribution < -0.4 is 10.6 Å². The van der Waals surface area contributed by atoms with Gasteiger partial charge in [0.15, 0.2) is 5.11 Å². The molecule has 1 aromatic carbocycles. The summed E-state index contributed by atoms with van der Waals surface area (Å²) in [5.74, 6) is 0.206. The van der Waals surface area contributed by atoms with Crippen molar-refractivity contribution in [1.29, 1.82) is 0 Å². The number of rotatable bonds is 2. The van der Waals surface area contributed by atoms with Crippen LogP contribution in [0, 0.1) is 11.7 Å². The fourth-order valence-corrected chi connectivity index (χ4v) is 2.89. The number of halogens is 2. The van der Waals surface area contributed by atoms with E-state index in [1.807, 2.05) is 0 Å². The highest BCUT2D eigenvalue weighted by atomic mass is 35.5. The minimum absolute atomic E-state index is 0.0961. The lowest BCUT2D eigenvalue weighted by Gasteiger charge is -2.30. The maximum Gasteiger partial charge on any atom is 0.171 e. The quantitative estimate of drug-likeness (QED) is 0.794. The van der Waals surface area contributed by atoms with Gasteiger partial charge >= 0.3 is 0 Å². The van der Waals surface area contributed by atoms with Crippen molar-refractivity contribution < 1.29 is 4.39 Å². The predicted octanol–water partition coefficient (Wildman–Crippen LogP) is 4.34. The zero-order valence-corrected chi connectivity index (χ0v) is 12.5. The number of nitrogens with one attached hydrogen (secondary N) is 2. The van der Waals surface area contributed by atoms with Gasteiger partial charge in [-0.05, 0) is 49.2 Å². The summed E-state index contributed by atoms with van der Waals surface area (Å²) >= 11 is 11.0. The molecule has 2 rings (SSSR count). The highest BCUT2D eigenvalue weighted by Gasteiger charge is 2.21. The Balaban J connectivity index is 1.91. The first-order valence-electron chi connectivity index (χ1n) is 6.59. The average molecular weight is 301 g/mol. The maximum atomic E-state index is 13.1. The topological polar surface area (TPSA) is 24.1 Å². The predicted molar refractivity (Wildman–Crippen MR) is 82.2 cm³/mol. The maximum absolute atomic E-state index is 13.1. The molecule has 5 heteroatoms. The van der Waals surface area contributed by atoms with Crippen LogP contribution in [0.1, 0.15) is 32.6 Å². The van der Waals surface area contributed by atoms with E-state index in [1.54, 1.807) is 6.07 Å². The minimum atomic E-state index is -0.424. The Morgan fingerprint density at radius 1 is 1.37 bits per heavy atom. The summed E-state index contributed by atoms with van der Waals surface area (Å²) in [6.45, 7) is 2.24. The number of hydrogen-bond donors (Lipinski definition) is 2. The summed E-state index contributed by atoms with van der Waals surface area (Å²) in [6.07, 6.45) is 4.93. The Kier molecular flexibility index (Phi) is 4.99. The summed E-state index contributed by atoms with van der Waals surface area (Å²) in [7, 11) is 0. The van der Waals surface area contributed by atoms with Crippen molar-refractivity contribution in [3.05, 3.63) is 29.0 Å². The van der Waals surface area contributed by atoms with Crippen molar-refractivity contribution in [2.24, 2.45) is 5.92 Å². The second kappa shape index (κ2) is 6.53. The number of hydrogen-bond acceptors (Lipinski definition) is 1. The van der Waals surface area contributed by atoms with Gasteiger partial charge in [0.1, 0.15) is 5.82 Å². The van der Waals surface area contributed by atoms with Crippen LogP contribution in [0.25, 0.3) is 0 Å². The van der Waals surface area contributed by atoms with Gasteiger partial charge in [-0.2, -0.15) is 0 Å². The molecule has 1 fully saturated rings. The normalized spacial score (nSPS) is 22.9. The first-order valence-corrected chi connectivity index (χ1v) is 7.37. The van der Waals surface area contributed by atoms with Crippen molar-refractivity contribution in [1.82, 2.24) is 5.32 Å². The Morgan fingerprint density at radius 2 is 2.11 bits per heavy atom. The van der Waals surface area contributed by atoms with Crippen molar-refractivity contribution in [3.63, 3.8) is 0 Å². The Bertz CT molecular complexity index is 467. The molecule has 1 aliphatic rings. The van der Waals surface area contributed by atoms with Crippen molar-refractivity contribution in [2.75, 3.05) is 5.32 Å². The zero-order chi connectivity index (χ0) is 13.8. The Labute approximate surface area is 123 Å². The average Bonchev–Trinajstić information content (AvgIpc) is 2.37. The molecule has 19 heavy (non-hydrogen) atoms. The van der Waals surface area contributed by atoms with Gasteiger partial charge in [0.05, 0.1) is 5.02 Å². The molecule has 0 aliphatic heterocycles. The third-order valence-corrected chi connectivity index (χ3v) is 4.12. The van der Waals surface area contributed by atoms with Gasteiger partial charge < -0.3 is 10.6 Å².